The number of aryl methyl sites for hydroxylation is 1. The van der Waals surface area contributed by atoms with Gasteiger partial charge in [0, 0.05) is 37.6 Å². The third-order valence-corrected chi connectivity index (χ3v) is 4.35. The van der Waals surface area contributed by atoms with Crippen LogP contribution in [0.5, 0.6) is 5.75 Å². The molecule has 1 aliphatic rings. The van der Waals surface area contributed by atoms with Gasteiger partial charge < -0.3 is 19.9 Å². The Labute approximate surface area is 149 Å². The largest absolute Gasteiger partial charge is 0.494 e. The van der Waals surface area contributed by atoms with Crippen LogP contribution < -0.4 is 15.0 Å². The van der Waals surface area contributed by atoms with Crippen LogP contribution >= 0.6 is 0 Å². The Kier molecular flexibility index (Phi) is 5.43. The van der Waals surface area contributed by atoms with Crippen LogP contribution in [0, 0.1) is 6.92 Å². The van der Waals surface area contributed by atoms with Gasteiger partial charge in [-0.25, -0.2) is 4.79 Å². The average Bonchev–Trinajstić information content (AvgIpc) is 2.64. The van der Waals surface area contributed by atoms with Gasteiger partial charge in [-0.1, -0.05) is 12.1 Å². The van der Waals surface area contributed by atoms with E-state index in [9.17, 15) is 4.79 Å². The lowest BCUT2D eigenvalue weighted by Gasteiger charge is -2.36. The van der Waals surface area contributed by atoms with Crippen molar-refractivity contribution in [3.8, 4) is 5.75 Å². The summed E-state index contributed by atoms with van der Waals surface area (Å²) in [6.45, 7) is 7.82. The summed E-state index contributed by atoms with van der Waals surface area (Å²) in [7, 11) is 0. The first-order valence-corrected chi connectivity index (χ1v) is 8.76. The minimum absolute atomic E-state index is 0.0481. The lowest BCUT2D eigenvalue weighted by molar-refractivity contribution is 0.208. The highest BCUT2D eigenvalue weighted by Crippen LogP contribution is 2.19. The van der Waals surface area contributed by atoms with E-state index in [4.69, 9.17) is 4.74 Å². The van der Waals surface area contributed by atoms with Gasteiger partial charge >= 0.3 is 6.03 Å². The predicted octanol–water partition coefficient (Wildman–Crippen LogP) is 3.75. The molecule has 1 heterocycles. The van der Waals surface area contributed by atoms with Crippen molar-refractivity contribution in [3.63, 3.8) is 0 Å². The molecule has 0 unspecified atom stereocenters. The van der Waals surface area contributed by atoms with Crippen LogP contribution in [0.1, 0.15) is 12.5 Å². The second kappa shape index (κ2) is 7.92. The van der Waals surface area contributed by atoms with Gasteiger partial charge in [0.1, 0.15) is 5.75 Å². The summed E-state index contributed by atoms with van der Waals surface area (Å²) in [5.41, 5.74) is 3.27. The summed E-state index contributed by atoms with van der Waals surface area (Å²) in [5.74, 6) is 0.812. The first-order valence-electron chi connectivity index (χ1n) is 8.76. The van der Waals surface area contributed by atoms with Crippen LogP contribution in [0.15, 0.2) is 48.5 Å². The standard InChI is InChI=1S/C20H25N3O2/c1-3-25-19-9-7-17(8-10-19)21-20(24)23-13-11-22(12-14-23)18-6-4-5-16(2)15-18/h4-10,15H,3,11-14H2,1-2H3,(H,21,24). The molecule has 0 spiro atoms. The number of benzene rings is 2. The molecule has 1 N–H and O–H groups in total. The highest BCUT2D eigenvalue weighted by atomic mass is 16.5. The normalized spacial score (nSPS) is 14.3. The Morgan fingerprint density at radius 3 is 2.44 bits per heavy atom. The van der Waals surface area contributed by atoms with Gasteiger partial charge in [-0.15, -0.1) is 0 Å². The number of amides is 2. The van der Waals surface area contributed by atoms with Gasteiger partial charge in [-0.2, -0.15) is 0 Å². The Hall–Kier alpha value is -2.69. The molecule has 0 bridgehead atoms. The summed E-state index contributed by atoms with van der Waals surface area (Å²) in [6.07, 6.45) is 0. The molecule has 2 aromatic rings. The van der Waals surface area contributed by atoms with Crippen LogP contribution in [-0.4, -0.2) is 43.7 Å². The third kappa shape index (κ3) is 4.44. The van der Waals surface area contributed by atoms with E-state index in [1.54, 1.807) is 0 Å². The first kappa shape index (κ1) is 17.1. The first-order chi connectivity index (χ1) is 12.2. The van der Waals surface area contributed by atoms with E-state index in [0.29, 0.717) is 6.61 Å². The van der Waals surface area contributed by atoms with E-state index in [1.807, 2.05) is 36.1 Å². The Morgan fingerprint density at radius 2 is 1.80 bits per heavy atom. The van der Waals surface area contributed by atoms with Gasteiger partial charge in [0.2, 0.25) is 0 Å². The van der Waals surface area contributed by atoms with E-state index in [0.717, 1.165) is 37.6 Å². The molecule has 5 heteroatoms. The zero-order valence-corrected chi connectivity index (χ0v) is 14.9. The van der Waals surface area contributed by atoms with Crippen molar-refractivity contribution in [1.82, 2.24) is 4.90 Å². The number of carbonyl (C=O) groups excluding carboxylic acids is 1. The molecule has 25 heavy (non-hydrogen) atoms. The highest BCUT2D eigenvalue weighted by Gasteiger charge is 2.21. The third-order valence-electron chi connectivity index (χ3n) is 4.35. The van der Waals surface area contributed by atoms with Crippen molar-refractivity contribution >= 4 is 17.4 Å². The molecule has 3 rings (SSSR count). The Morgan fingerprint density at radius 1 is 1.08 bits per heavy atom. The topological polar surface area (TPSA) is 44.8 Å². The van der Waals surface area contributed by atoms with E-state index in [2.05, 4.69) is 41.4 Å². The quantitative estimate of drug-likeness (QED) is 0.923. The van der Waals surface area contributed by atoms with E-state index < -0.39 is 0 Å². The SMILES string of the molecule is CCOc1ccc(NC(=O)N2CCN(c3cccc(C)c3)CC2)cc1. The second-order valence-electron chi connectivity index (χ2n) is 6.20. The minimum Gasteiger partial charge on any atom is -0.494 e. The number of urea groups is 1. The molecule has 5 nitrogen and oxygen atoms in total. The number of carbonyl (C=O) groups is 1. The molecule has 0 aromatic heterocycles. The number of nitrogens with one attached hydrogen (secondary N) is 1. The molecule has 1 fully saturated rings. The molecule has 0 atom stereocenters. The summed E-state index contributed by atoms with van der Waals surface area (Å²) >= 11 is 0. The summed E-state index contributed by atoms with van der Waals surface area (Å²) in [6, 6.07) is 15.9. The lowest BCUT2D eigenvalue weighted by atomic mass is 10.2. The maximum Gasteiger partial charge on any atom is 0.321 e. The molecule has 1 aliphatic heterocycles. The van der Waals surface area contributed by atoms with Gasteiger partial charge in [-0.3, -0.25) is 0 Å². The molecule has 2 amide bonds. The summed E-state index contributed by atoms with van der Waals surface area (Å²) in [5, 5.41) is 2.96. The highest BCUT2D eigenvalue weighted by molar-refractivity contribution is 5.89. The van der Waals surface area contributed by atoms with Crippen molar-refractivity contribution < 1.29 is 9.53 Å². The van der Waals surface area contributed by atoms with E-state index in [1.165, 1.54) is 11.3 Å². The molecule has 132 valence electrons. The Balaban J connectivity index is 1.53. The number of hydrogen-bond donors (Lipinski definition) is 1. The van der Waals surface area contributed by atoms with Crippen molar-refractivity contribution in [2.75, 3.05) is 43.0 Å². The van der Waals surface area contributed by atoms with Gasteiger partial charge in [0.25, 0.3) is 0 Å². The number of piperazine rings is 1. The second-order valence-corrected chi connectivity index (χ2v) is 6.20. The Bertz CT molecular complexity index is 707. The van der Waals surface area contributed by atoms with Gasteiger partial charge in [0.05, 0.1) is 6.61 Å². The molecule has 2 aromatic carbocycles. The van der Waals surface area contributed by atoms with Crippen molar-refractivity contribution in [1.29, 1.82) is 0 Å². The number of rotatable bonds is 4. The van der Waals surface area contributed by atoms with Crippen LogP contribution in [-0.2, 0) is 0 Å². The van der Waals surface area contributed by atoms with Crippen LogP contribution in [0.2, 0.25) is 0 Å². The lowest BCUT2D eigenvalue weighted by Crippen LogP contribution is -2.50. The van der Waals surface area contributed by atoms with E-state index in [-0.39, 0.29) is 6.03 Å². The van der Waals surface area contributed by atoms with Gasteiger partial charge in [-0.05, 0) is 55.8 Å². The summed E-state index contributed by atoms with van der Waals surface area (Å²) < 4.78 is 5.42. The molecular formula is C20H25N3O2. The maximum absolute atomic E-state index is 12.4. The smallest absolute Gasteiger partial charge is 0.321 e. The zero-order valence-electron chi connectivity index (χ0n) is 14.9. The molecule has 0 radical (unpaired) electrons. The average molecular weight is 339 g/mol. The van der Waals surface area contributed by atoms with Crippen LogP contribution in [0.4, 0.5) is 16.2 Å². The number of anilines is 2. The fraction of sp³-hybridized carbons (Fsp3) is 0.350. The molecule has 0 aliphatic carbocycles. The molecule has 1 saturated heterocycles. The predicted molar refractivity (Wildman–Crippen MR) is 102 cm³/mol. The summed E-state index contributed by atoms with van der Waals surface area (Å²) in [4.78, 5) is 16.6. The minimum atomic E-state index is -0.0481. The monoisotopic (exact) mass is 339 g/mol. The molecular weight excluding hydrogens is 314 g/mol. The van der Waals surface area contributed by atoms with E-state index >= 15 is 0 Å². The van der Waals surface area contributed by atoms with Gasteiger partial charge in [0.15, 0.2) is 0 Å². The zero-order chi connectivity index (χ0) is 17.6. The fourth-order valence-electron chi connectivity index (χ4n) is 3.00. The number of ether oxygens (including phenoxy) is 1. The van der Waals surface area contributed by atoms with Crippen molar-refractivity contribution in [3.05, 3.63) is 54.1 Å². The van der Waals surface area contributed by atoms with Crippen LogP contribution in [0.3, 0.4) is 0 Å². The van der Waals surface area contributed by atoms with Crippen molar-refractivity contribution in [2.24, 2.45) is 0 Å². The number of nitrogens with zero attached hydrogens (tertiary/aromatic N) is 2. The molecule has 0 saturated carbocycles. The maximum atomic E-state index is 12.4. The van der Waals surface area contributed by atoms with Crippen molar-refractivity contribution in [2.45, 2.75) is 13.8 Å². The number of hydrogen-bond acceptors (Lipinski definition) is 3. The fourth-order valence-corrected chi connectivity index (χ4v) is 3.00. The van der Waals surface area contributed by atoms with Crippen LogP contribution in [0.25, 0.3) is 0 Å².